The van der Waals surface area contributed by atoms with Gasteiger partial charge in [0.1, 0.15) is 17.2 Å². The number of likely N-dealkylation sites (N-methyl/N-ethyl adjacent to an activating group) is 1. The zero-order valence-electron chi connectivity index (χ0n) is 13.2. The maximum absolute atomic E-state index is 9.58. The molecule has 0 saturated carbocycles. The number of aliphatic hydroxyl groups excluding tert-OH is 1. The number of tetrazole rings is 1. The van der Waals surface area contributed by atoms with E-state index in [1.807, 2.05) is 0 Å². The number of nitrogens with zero attached hydrogens (tertiary/aromatic N) is 5. The van der Waals surface area contributed by atoms with Crippen LogP contribution in [0, 0.1) is 0 Å². The molecule has 0 aliphatic carbocycles. The summed E-state index contributed by atoms with van der Waals surface area (Å²) >= 11 is 1.76. The average Bonchev–Trinajstić information content (AvgIpc) is 3.15. The number of nitrogens with one attached hydrogen (secondary N) is 2. The van der Waals surface area contributed by atoms with Crippen LogP contribution in [-0.4, -0.2) is 55.9 Å². The average molecular weight is 334 g/mol. The van der Waals surface area contributed by atoms with Gasteiger partial charge in [0.25, 0.3) is 5.78 Å². The molecule has 2 atom stereocenters. The molecule has 0 amide bonds. The first-order valence-electron chi connectivity index (χ1n) is 7.95. The highest BCUT2D eigenvalue weighted by Crippen LogP contribution is 2.36. The fourth-order valence-corrected chi connectivity index (χ4v) is 4.49. The van der Waals surface area contributed by atoms with E-state index < -0.39 is 6.10 Å². The SMILES string of the molecule is CC[NH+]1CCc2c(sc3c2c(NC[C@H](C)O)nc2nnnn23)C1. The van der Waals surface area contributed by atoms with Gasteiger partial charge in [-0.3, -0.25) is 0 Å². The number of rotatable bonds is 4. The standard InChI is InChI=1S/C14H19N7OS/c1-3-20-5-4-9-10(7-20)23-13-11(9)12(15-6-8(2)22)16-14-17-18-19-21(13)14/h8,22H,3-7H2,1-2H3,(H,15,16,17,19)/p+1/t8-/m0/s1. The third kappa shape index (κ3) is 2.44. The molecule has 3 N–H and O–H groups in total. The molecule has 1 unspecified atom stereocenters. The lowest BCUT2D eigenvalue weighted by Crippen LogP contribution is -3.11. The number of aromatic nitrogens is 5. The summed E-state index contributed by atoms with van der Waals surface area (Å²) in [5.41, 5.74) is 1.36. The number of hydrogen-bond acceptors (Lipinski definition) is 7. The fourth-order valence-electron chi connectivity index (χ4n) is 3.13. The third-order valence-electron chi connectivity index (χ3n) is 4.37. The highest BCUT2D eigenvalue weighted by atomic mass is 32.1. The Labute approximate surface area is 137 Å². The van der Waals surface area contributed by atoms with Gasteiger partial charge in [0.05, 0.1) is 29.5 Å². The molecule has 0 fully saturated rings. The lowest BCUT2D eigenvalue weighted by molar-refractivity contribution is -0.913. The van der Waals surface area contributed by atoms with Crippen LogP contribution in [0.2, 0.25) is 0 Å². The Kier molecular flexibility index (Phi) is 3.63. The van der Waals surface area contributed by atoms with E-state index >= 15 is 0 Å². The first kappa shape index (κ1) is 14.7. The Morgan fingerprint density at radius 1 is 1.48 bits per heavy atom. The van der Waals surface area contributed by atoms with Gasteiger partial charge in [-0.1, -0.05) is 5.10 Å². The Bertz CT molecular complexity index is 856. The minimum atomic E-state index is -0.437. The topological polar surface area (TPSA) is 92.7 Å². The summed E-state index contributed by atoms with van der Waals surface area (Å²) in [5, 5.41) is 25.8. The van der Waals surface area contributed by atoms with Crippen LogP contribution < -0.4 is 10.2 Å². The summed E-state index contributed by atoms with van der Waals surface area (Å²) in [5.74, 6) is 1.27. The number of aliphatic hydroxyl groups is 1. The maximum Gasteiger partial charge on any atom is 0.276 e. The molecule has 122 valence electrons. The number of thiophene rings is 1. The van der Waals surface area contributed by atoms with Crippen molar-refractivity contribution in [2.24, 2.45) is 0 Å². The second kappa shape index (κ2) is 5.66. The summed E-state index contributed by atoms with van der Waals surface area (Å²) in [6.07, 6.45) is 0.602. The Morgan fingerprint density at radius 2 is 2.35 bits per heavy atom. The second-order valence-electron chi connectivity index (χ2n) is 6.05. The van der Waals surface area contributed by atoms with E-state index in [-0.39, 0.29) is 0 Å². The highest BCUT2D eigenvalue weighted by molar-refractivity contribution is 7.19. The second-order valence-corrected chi connectivity index (χ2v) is 7.13. The zero-order valence-corrected chi connectivity index (χ0v) is 14.0. The minimum Gasteiger partial charge on any atom is -0.392 e. The Hall–Kier alpha value is -1.84. The van der Waals surface area contributed by atoms with E-state index in [0.29, 0.717) is 12.3 Å². The molecule has 8 nitrogen and oxygen atoms in total. The molecule has 1 aliphatic heterocycles. The monoisotopic (exact) mass is 334 g/mol. The van der Waals surface area contributed by atoms with Crippen molar-refractivity contribution in [2.75, 3.05) is 25.0 Å². The highest BCUT2D eigenvalue weighted by Gasteiger charge is 2.27. The van der Waals surface area contributed by atoms with Crippen LogP contribution in [0.5, 0.6) is 0 Å². The predicted octanol–water partition coefficient (Wildman–Crippen LogP) is -0.512. The van der Waals surface area contributed by atoms with E-state index in [1.165, 1.54) is 10.4 Å². The quantitative estimate of drug-likeness (QED) is 0.595. The normalized spacial score (nSPS) is 19.2. The lowest BCUT2D eigenvalue weighted by atomic mass is 10.0. The van der Waals surface area contributed by atoms with Crippen LogP contribution in [0.1, 0.15) is 24.3 Å². The van der Waals surface area contributed by atoms with Gasteiger partial charge in [-0.25, -0.2) is 0 Å². The van der Waals surface area contributed by atoms with Crippen LogP contribution in [0.15, 0.2) is 0 Å². The third-order valence-corrected chi connectivity index (χ3v) is 5.58. The van der Waals surface area contributed by atoms with E-state index in [9.17, 15) is 5.11 Å². The van der Waals surface area contributed by atoms with Gasteiger partial charge in [0.2, 0.25) is 0 Å². The van der Waals surface area contributed by atoms with Crippen molar-refractivity contribution < 1.29 is 10.0 Å². The molecule has 9 heteroatoms. The minimum absolute atomic E-state index is 0.437. The molecule has 4 rings (SSSR count). The first-order valence-corrected chi connectivity index (χ1v) is 8.77. The van der Waals surface area contributed by atoms with Gasteiger partial charge in [-0.15, -0.1) is 11.3 Å². The van der Waals surface area contributed by atoms with Crippen LogP contribution in [0.3, 0.4) is 0 Å². The Balaban J connectivity index is 1.90. The van der Waals surface area contributed by atoms with Crippen LogP contribution >= 0.6 is 11.3 Å². The lowest BCUT2D eigenvalue weighted by Gasteiger charge is -2.22. The molecule has 1 aliphatic rings. The fraction of sp³-hybridized carbons (Fsp3) is 0.571. The first-order chi connectivity index (χ1) is 11.2. The van der Waals surface area contributed by atoms with Crippen molar-refractivity contribution in [3.05, 3.63) is 10.4 Å². The molecule has 0 aromatic carbocycles. The summed E-state index contributed by atoms with van der Waals surface area (Å²) in [7, 11) is 0. The molecule has 23 heavy (non-hydrogen) atoms. The summed E-state index contributed by atoms with van der Waals surface area (Å²) in [6, 6.07) is 0. The molecule has 0 spiro atoms. The van der Waals surface area contributed by atoms with Crippen molar-refractivity contribution >= 4 is 33.1 Å². The van der Waals surface area contributed by atoms with Crippen molar-refractivity contribution in [3.8, 4) is 0 Å². The predicted molar refractivity (Wildman–Crippen MR) is 87.9 cm³/mol. The smallest absolute Gasteiger partial charge is 0.276 e. The van der Waals surface area contributed by atoms with E-state index in [2.05, 4.69) is 32.7 Å². The Morgan fingerprint density at radius 3 is 3.13 bits per heavy atom. The largest absolute Gasteiger partial charge is 0.392 e. The van der Waals surface area contributed by atoms with Crippen LogP contribution in [0.4, 0.5) is 5.82 Å². The van der Waals surface area contributed by atoms with E-state index in [1.54, 1.807) is 27.7 Å². The van der Waals surface area contributed by atoms with Crippen molar-refractivity contribution in [1.82, 2.24) is 25.0 Å². The number of anilines is 1. The molecule has 0 radical (unpaired) electrons. The van der Waals surface area contributed by atoms with Gasteiger partial charge >= 0.3 is 0 Å². The van der Waals surface area contributed by atoms with E-state index in [4.69, 9.17) is 0 Å². The van der Waals surface area contributed by atoms with Gasteiger partial charge in [0, 0.05) is 13.0 Å². The molecule has 4 heterocycles. The van der Waals surface area contributed by atoms with Gasteiger partial charge in [0.15, 0.2) is 0 Å². The van der Waals surface area contributed by atoms with Crippen molar-refractivity contribution in [3.63, 3.8) is 0 Å². The van der Waals surface area contributed by atoms with Crippen LogP contribution in [-0.2, 0) is 13.0 Å². The van der Waals surface area contributed by atoms with Gasteiger partial charge in [-0.2, -0.15) is 9.50 Å². The molecule has 3 aromatic rings. The number of hydrogen-bond donors (Lipinski definition) is 3. The maximum atomic E-state index is 9.58. The summed E-state index contributed by atoms with van der Waals surface area (Å²) in [4.78, 5) is 8.59. The van der Waals surface area contributed by atoms with Crippen molar-refractivity contribution in [1.29, 1.82) is 0 Å². The molecule has 0 bridgehead atoms. The molecule has 0 saturated heterocycles. The van der Waals surface area contributed by atoms with E-state index in [0.717, 1.165) is 42.1 Å². The summed E-state index contributed by atoms with van der Waals surface area (Å²) in [6.45, 7) is 7.76. The molecular formula is C14H20N7OS+. The van der Waals surface area contributed by atoms with Gasteiger partial charge < -0.3 is 15.3 Å². The van der Waals surface area contributed by atoms with Crippen LogP contribution in [0.25, 0.3) is 16.0 Å². The number of quaternary nitrogens is 1. The van der Waals surface area contributed by atoms with Crippen molar-refractivity contribution in [2.45, 2.75) is 32.9 Å². The number of fused-ring (bicyclic) bond motifs is 5. The molecular weight excluding hydrogens is 314 g/mol. The summed E-state index contributed by atoms with van der Waals surface area (Å²) < 4.78 is 1.72. The molecule has 3 aromatic heterocycles. The van der Waals surface area contributed by atoms with Gasteiger partial charge in [-0.05, 0) is 29.8 Å². The zero-order chi connectivity index (χ0) is 16.0.